The van der Waals surface area contributed by atoms with Crippen LogP contribution in [0.3, 0.4) is 0 Å². The number of hydrogen-bond acceptors (Lipinski definition) is 6. The predicted molar refractivity (Wildman–Crippen MR) is 120 cm³/mol. The van der Waals surface area contributed by atoms with E-state index in [0.29, 0.717) is 18.8 Å². The molecule has 1 aromatic heterocycles. The zero-order valence-corrected chi connectivity index (χ0v) is 18.9. The number of benzene rings is 1. The molecule has 0 unspecified atom stereocenters. The van der Waals surface area contributed by atoms with Crippen molar-refractivity contribution in [3.8, 4) is 5.75 Å². The Balaban J connectivity index is 1.83. The van der Waals surface area contributed by atoms with Crippen LogP contribution in [-0.4, -0.2) is 67.5 Å². The van der Waals surface area contributed by atoms with Crippen molar-refractivity contribution in [2.75, 3.05) is 33.9 Å². The fraction of sp³-hybridized carbons (Fsp3) is 0.435. The van der Waals surface area contributed by atoms with Gasteiger partial charge in [-0.3, -0.25) is 4.79 Å². The first kappa shape index (κ1) is 23.3. The monoisotopic (exact) mass is 442 g/mol. The fourth-order valence-corrected chi connectivity index (χ4v) is 3.43. The Hall–Kier alpha value is -3.33. The van der Waals surface area contributed by atoms with Gasteiger partial charge < -0.3 is 24.1 Å². The summed E-state index contributed by atoms with van der Waals surface area (Å²) in [5, 5.41) is 8.86. The van der Waals surface area contributed by atoms with Crippen molar-refractivity contribution in [2.45, 2.75) is 32.4 Å². The van der Waals surface area contributed by atoms with E-state index in [9.17, 15) is 9.59 Å². The van der Waals surface area contributed by atoms with Crippen LogP contribution in [0.25, 0.3) is 0 Å². The molecule has 0 spiro atoms. The lowest BCUT2D eigenvalue weighted by atomic mass is 10.0. The molecule has 1 aliphatic heterocycles. The van der Waals surface area contributed by atoms with Crippen LogP contribution in [-0.2, 0) is 9.53 Å². The van der Waals surface area contributed by atoms with Crippen LogP contribution in [0.4, 0.5) is 4.79 Å². The van der Waals surface area contributed by atoms with Crippen LogP contribution >= 0.6 is 0 Å². The second-order valence-corrected chi connectivity index (χ2v) is 7.77. The van der Waals surface area contributed by atoms with Gasteiger partial charge in [0.2, 0.25) is 0 Å². The third kappa shape index (κ3) is 5.67. The van der Waals surface area contributed by atoms with Crippen LogP contribution in [0.5, 0.6) is 5.75 Å². The normalized spacial score (nSPS) is 15.6. The SMILES string of the molecule is COCCN(CC(=O)N1N=C(c2ccc(OC)cc2)C[C@H]1c1ccco1)C(=O)NC(C)C. The minimum absolute atomic E-state index is 0.0509. The molecule has 0 bridgehead atoms. The van der Waals surface area contributed by atoms with E-state index in [0.717, 1.165) is 17.0 Å². The van der Waals surface area contributed by atoms with Crippen LogP contribution in [0.15, 0.2) is 52.2 Å². The number of nitrogens with one attached hydrogen (secondary N) is 1. The quantitative estimate of drug-likeness (QED) is 0.644. The van der Waals surface area contributed by atoms with Gasteiger partial charge in [0.25, 0.3) is 5.91 Å². The highest BCUT2D eigenvalue weighted by Crippen LogP contribution is 2.33. The third-order valence-corrected chi connectivity index (χ3v) is 5.05. The highest BCUT2D eigenvalue weighted by atomic mass is 16.5. The van der Waals surface area contributed by atoms with E-state index in [1.54, 1.807) is 26.5 Å². The van der Waals surface area contributed by atoms with Crippen LogP contribution in [0.1, 0.15) is 37.6 Å². The summed E-state index contributed by atoms with van der Waals surface area (Å²) in [5.74, 6) is 1.08. The van der Waals surface area contributed by atoms with E-state index in [1.165, 1.54) is 9.91 Å². The molecular formula is C23H30N4O5. The molecule has 2 heterocycles. The number of furan rings is 1. The summed E-state index contributed by atoms with van der Waals surface area (Å²) in [6.45, 7) is 4.22. The maximum absolute atomic E-state index is 13.3. The van der Waals surface area contributed by atoms with Crippen LogP contribution < -0.4 is 10.1 Å². The number of hydrogen-bond donors (Lipinski definition) is 1. The van der Waals surface area contributed by atoms with Crippen molar-refractivity contribution in [1.29, 1.82) is 0 Å². The molecular weight excluding hydrogens is 412 g/mol. The number of methoxy groups -OCH3 is 2. The molecule has 172 valence electrons. The molecule has 0 radical (unpaired) electrons. The number of urea groups is 1. The molecule has 2 aromatic rings. The van der Waals surface area contributed by atoms with E-state index < -0.39 is 0 Å². The molecule has 0 aliphatic carbocycles. The molecule has 0 fully saturated rings. The molecule has 3 amide bonds. The zero-order valence-electron chi connectivity index (χ0n) is 18.9. The van der Waals surface area contributed by atoms with Crippen molar-refractivity contribution in [3.63, 3.8) is 0 Å². The molecule has 1 aromatic carbocycles. The summed E-state index contributed by atoms with van der Waals surface area (Å²) >= 11 is 0. The lowest BCUT2D eigenvalue weighted by Crippen LogP contribution is -2.48. The zero-order chi connectivity index (χ0) is 23.1. The highest BCUT2D eigenvalue weighted by molar-refractivity contribution is 6.03. The number of rotatable bonds is 9. The van der Waals surface area contributed by atoms with Crippen molar-refractivity contribution >= 4 is 17.6 Å². The average Bonchev–Trinajstić information content (AvgIpc) is 3.46. The highest BCUT2D eigenvalue weighted by Gasteiger charge is 2.36. The van der Waals surface area contributed by atoms with E-state index in [4.69, 9.17) is 13.9 Å². The summed E-state index contributed by atoms with van der Waals surface area (Å²) in [5.41, 5.74) is 1.66. The Morgan fingerprint density at radius 3 is 2.59 bits per heavy atom. The van der Waals surface area contributed by atoms with Gasteiger partial charge in [0.05, 0.1) is 25.7 Å². The molecule has 9 heteroatoms. The Kier molecular flexibility index (Phi) is 7.88. The van der Waals surface area contributed by atoms with Gasteiger partial charge in [-0.05, 0) is 55.8 Å². The van der Waals surface area contributed by atoms with E-state index in [1.807, 2.05) is 44.2 Å². The number of carbonyl (C=O) groups excluding carboxylic acids is 2. The van der Waals surface area contributed by atoms with Crippen molar-refractivity contribution in [3.05, 3.63) is 54.0 Å². The Labute approximate surface area is 188 Å². The molecule has 1 aliphatic rings. The van der Waals surface area contributed by atoms with E-state index in [2.05, 4.69) is 10.4 Å². The topological polar surface area (TPSA) is 96.6 Å². The van der Waals surface area contributed by atoms with E-state index in [-0.39, 0.29) is 37.1 Å². The predicted octanol–water partition coefficient (Wildman–Crippen LogP) is 3.03. The van der Waals surface area contributed by atoms with Crippen LogP contribution in [0, 0.1) is 0 Å². The second-order valence-electron chi connectivity index (χ2n) is 7.77. The average molecular weight is 443 g/mol. The van der Waals surface area contributed by atoms with Crippen molar-refractivity contribution < 1.29 is 23.5 Å². The Bertz CT molecular complexity index is 924. The molecule has 32 heavy (non-hydrogen) atoms. The number of carbonyl (C=O) groups is 2. The van der Waals surface area contributed by atoms with Gasteiger partial charge in [0, 0.05) is 26.1 Å². The molecule has 0 saturated heterocycles. The first-order valence-corrected chi connectivity index (χ1v) is 10.5. The van der Waals surface area contributed by atoms with Gasteiger partial charge >= 0.3 is 6.03 Å². The van der Waals surface area contributed by atoms with Gasteiger partial charge in [0.1, 0.15) is 24.1 Å². The van der Waals surface area contributed by atoms with Gasteiger partial charge in [-0.2, -0.15) is 5.10 Å². The lowest BCUT2D eigenvalue weighted by Gasteiger charge is -2.26. The van der Waals surface area contributed by atoms with Crippen LogP contribution in [0.2, 0.25) is 0 Å². The van der Waals surface area contributed by atoms with Gasteiger partial charge in [-0.1, -0.05) is 0 Å². The fourth-order valence-electron chi connectivity index (χ4n) is 3.43. The smallest absolute Gasteiger partial charge is 0.318 e. The molecule has 9 nitrogen and oxygen atoms in total. The summed E-state index contributed by atoms with van der Waals surface area (Å²) in [6, 6.07) is 10.4. The van der Waals surface area contributed by atoms with Gasteiger partial charge in [0.15, 0.2) is 0 Å². The van der Waals surface area contributed by atoms with Crippen molar-refractivity contribution in [1.82, 2.24) is 15.2 Å². The summed E-state index contributed by atoms with van der Waals surface area (Å²) in [4.78, 5) is 27.3. The molecule has 1 atom stereocenters. The minimum Gasteiger partial charge on any atom is -0.497 e. The number of amides is 3. The van der Waals surface area contributed by atoms with Gasteiger partial charge in [-0.15, -0.1) is 0 Å². The minimum atomic E-state index is -0.382. The van der Waals surface area contributed by atoms with Crippen molar-refractivity contribution in [2.24, 2.45) is 5.10 Å². The van der Waals surface area contributed by atoms with E-state index >= 15 is 0 Å². The summed E-state index contributed by atoms with van der Waals surface area (Å²) < 4.78 is 15.9. The number of nitrogens with zero attached hydrogens (tertiary/aromatic N) is 3. The van der Waals surface area contributed by atoms with Gasteiger partial charge in [-0.25, -0.2) is 9.80 Å². The summed E-state index contributed by atoms with van der Waals surface area (Å²) in [6.07, 6.45) is 2.08. The first-order chi connectivity index (χ1) is 15.4. The Morgan fingerprint density at radius 2 is 2.00 bits per heavy atom. The molecule has 3 rings (SSSR count). The largest absolute Gasteiger partial charge is 0.497 e. The maximum Gasteiger partial charge on any atom is 0.318 e. The Morgan fingerprint density at radius 1 is 1.25 bits per heavy atom. The summed E-state index contributed by atoms with van der Waals surface area (Å²) in [7, 11) is 3.17. The third-order valence-electron chi connectivity index (χ3n) is 5.05. The number of hydrazone groups is 1. The lowest BCUT2D eigenvalue weighted by molar-refractivity contribution is -0.134. The standard InChI is InChI=1S/C23H30N4O5/c1-16(2)24-23(29)26(11-13-30-3)15-22(28)27-20(21-6-5-12-32-21)14-19(25-27)17-7-9-18(31-4)10-8-17/h5-10,12,16,20H,11,13-15H2,1-4H3,(H,24,29)/t20-/m0/s1. The number of ether oxygens (including phenoxy) is 2. The maximum atomic E-state index is 13.3. The second kappa shape index (κ2) is 10.8. The molecule has 0 saturated carbocycles. The molecule has 1 N–H and O–H groups in total. The first-order valence-electron chi connectivity index (χ1n) is 10.5.